The molecule has 6 heteroatoms. The van der Waals surface area contributed by atoms with Gasteiger partial charge < -0.3 is 0 Å². The minimum absolute atomic E-state index is 0.204. The molecular weight excluding hydrogens is 542 g/mol. The van der Waals surface area contributed by atoms with Crippen molar-refractivity contribution in [3.63, 3.8) is 0 Å². The van der Waals surface area contributed by atoms with E-state index in [2.05, 4.69) is 56.1 Å². The maximum absolute atomic E-state index is 14.0. The summed E-state index contributed by atoms with van der Waals surface area (Å²) in [5.74, 6) is -1.57. The number of rotatable bonds is 1. The molecule has 1 saturated heterocycles. The van der Waals surface area contributed by atoms with Gasteiger partial charge in [-0.05, 0) is 46.9 Å². The van der Waals surface area contributed by atoms with Gasteiger partial charge in [0.1, 0.15) is 0 Å². The van der Waals surface area contributed by atoms with Gasteiger partial charge in [-0.3, -0.25) is 9.59 Å². The normalized spacial score (nSPS) is 30.3. The van der Waals surface area contributed by atoms with Crippen LogP contribution in [-0.4, -0.2) is 11.8 Å². The number of carbonyl (C=O) groups excluding carboxylic acids is 2. The van der Waals surface area contributed by atoms with Crippen LogP contribution in [0.1, 0.15) is 27.8 Å². The van der Waals surface area contributed by atoms with E-state index in [9.17, 15) is 9.59 Å². The Labute approximate surface area is 201 Å². The first-order chi connectivity index (χ1) is 14.8. The van der Waals surface area contributed by atoms with Crippen molar-refractivity contribution in [1.82, 2.24) is 0 Å². The molecular formula is C25H16Br2ClNO2. The molecule has 0 aromatic heterocycles. The van der Waals surface area contributed by atoms with Crippen molar-refractivity contribution >= 4 is 61.0 Å². The Morgan fingerprint density at radius 1 is 0.774 bits per heavy atom. The molecule has 31 heavy (non-hydrogen) atoms. The van der Waals surface area contributed by atoms with Crippen LogP contribution in [0.3, 0.4) is 0 Å². The van der Waals surface area contributed by atoms with Crippen LogP contribution in [-0.2, 0) is 18.2 Å². The Morgan fingerprint density at radius 3 is 1.61 bits per heavy atom. The van der Waals surface area contributed by atoms with Crippen molar-refractivity contribution in [3.8, 4) is 0 Å². The molecule has 3 nitrogen and oxygen atoms in total. The predicted octanol–water partition coefficient (Wildman–Crippen LogP) is 6.06. The van der Waals surface area contributed by atoms with Gasteiger partial charge in [0.05, 0.1) is 26.2 Å². The third-order valence-corrected chi connectivity index (χ3v) is 9.93. The molecule has 2 atom stereocenters. The highest BCUT2D eigenvalue weighted by Crippen LogP contribution is 2.70. The molecule has 1 aliphatic heterocycles. The van der Waals surface area contributed by atoms with Gasteiger partial charge in [-0.2, -0.15) is 0 Å². The van der Waals surface area contributed by atoms with Crippen molar-refractivity contribution in [2.45, 2.75) is 15.6 Å². The van der Waals surface area contributed by atoms with Crippen LogP contribution in [0, 0.1) is 18.8 Å². The van der Waals surface area contributed by atoms with Gasteiger partial charge >= 0.3 is 0 Å². The number of hydrogen-bond acceptors (Lipinski definition) is 2. The second kappa shape index (κ2) is 6.31. The second-order valence-corrected chi connectivity index (χ2v) is 11.4. The lowest BCUT2D eigenvalue weighted by molar-refractivity contribution is -0.122. The largest absolute Gasteiger partial charge is 0.274 e. The minimum atomic E-state index is -0.783. The van der Waals surface area contributed by atoms with Crippen molar-refractivity contribution in [1.29, 1.82) is 0 Å². The van der Waals surface area contributed by atoms with Crippen LogP contribution < -0.4 is 4.90 Å². The highest BCUT2D eigenvalue weighted by atomic mass is 79.9. The van der Waals surface area contributed by atoms with Gasteiger partial charge in [0.25, 0.3) is 0 Å². The third-order valence-electron chi connectivity index (χ3n) is 7.00. The van der Waals surface area contributed by atoms with Crippen LogP contribution in [0.4, 0.5) is 5.69 Å². The first-order valence-electron chi connectivity index (χ1n) is 10.0. The highest BCUT2D eigenvalue weighted by Gasteiger charge is 2.72. The van der Waals surface area contributed by atoms with Crippen LogP contribution in [0.5, 0.6) is 0 Å². The van der Waals surface area contributed by atoms with Gasteiger partial charge in [-0.15, -0.1) is 0 Å². The highest BCUT2D eigenvalue weighted by molar-refractivity contribution is 9.10. The SMILES string of the molecule is Cc1ccc(Cl)cc1N1C(=O)[C@@H]2[C@@H](C1=O)C1(Br)c3ccccc3C2(Br)c2ccccc21. The number of alkyl halides is 2. The molecule has 0 N–H and O–H groups in total. The Balaban J connectivity index is 1.67. The fourth-order valence-electron chi connectivity index (χ4n) is 5.73. The Morgan fingerprint density at radius 2 is 1.19 bits per heavy atom. The van der Waals surface area contributed by atoms with Crippen molar-refractivity contribution < 1.29 is 9.59 Å². The molecule has 0 unspecified atom stereocenters. The van der Waals surface area contributed by atoms with E-state index in [0.717, 1.165) is 27.8 Å². The molecule has 2 bridgehead atoms. The summed E-state index contributed by atoms with van der Waals surface area (Å²) in [4.78, 5) is 29.3. The zero-order chi connectivity index (χ0) is 21.7. The molecule has 3 aliphatic carbocycles. The Bertz CT molecular complexity index is 1200. The molecule has 2 amide bonds. The van der Waals surface area contributed by atoms with Crippen LogP contribution in [0.25, 0.3) is 0 Å². The molecule has 3 aromatic rings. The van der Waals surface area contributed by atoms with Gasteiger partial charge in [-0.1, -0.05) is 98.1 Å². The summed E-state index contributed by atoms with van der Waals surface area (Å²) in [5, 5.41) is 0.493. The first-order valence-corrected chi connectivity index (χ1v) is 12.0. The van der Waals surface area contributed by atoms with Crippen LogP contribution in [0.2, 0.25) is 5.02 Å². The molecule has 0 saturated carbocycles. The number of anilines is 1. The summed E-state index contributed by atoms with van der Waals surface area (Å²) in [5.41, 5.74) is 5.49. The van der Waals surface area contributed by atoms with E-state index in [1.165, 1.54) is 4.90 Å². The molecule has 7 rings (SSSR count). The maximum atomic E-state index is 14.0. The fourth-order valence-corrected chi connectivity index (χ4v) is 8.20. The van der Waals surface area contributed by atoms with E-state index in [1.807, 2.05) is 37.3 Å². The lowest BCUT2D eigenvalue weighted by atomic mass is 9.54. The second-order valence-electron chi connectivity index (χ2n) is 8.41. The number of halogens is 3. The fraction of sp³-hybridized carbons (Fsp3) is 0.200. The Hall–Kier alpha value is -1.95. The van der Waals surface area contributed by atoms with Crippen LogP contribution >= 0.6 is 43.5 Å². The average Bonchev–Trinajstić information content (AvgIpc) is 3.05. The number of carbonyl (C=O) groups is 2. The molecule has 0 spiro atoms. The van der Waals surface area contributed by atoms with Crippen molar-refractivity contribution in [2.75, 3.05) is 4.90 Å². The van der Waals surface area contributed by atoms with Gasteiger partial charge in [0.2, 0.25) is 11.8 Å². The molecule has 1 fully saturated rings. The summed E-state index contributed by atoms with van der Waals surface area (Å²) in [7, 11) is 0. The summed E-state index contributed by atoms with van der Waals surface area (Å²) < 4.78 is -1.57. The van der Waals surface area contributed by atoms with E-state index in [0.29, 0.717) is 10.7 Å². The van der Waals surface area contributed by atoms with E-state index in [1.54, 1.807) is 12.1 Å². The summed E-state index contributed by atoms with van der Waals surface area (Å²) in [6, 6.07) is 21.5. The quantitative estimate of drug-likeness (QED) is 0.270. The molecule has 0 radical (unpaired) electrons. The summed E-state index contributed by atoms with van der Waals surface area (Å²) in [6.45, 7) is 1.89. The monoisotopic (exact) mass is 555 g/mol. The number of imide groups is 1. The van der Waals surface area contributed by atoms with E-state index in [4.69, 9.17) is 11.6 Å². The van der Waals surface area contributed by atoms with E-state index < -0.39 is 20.5 Å². The van der Waals surface area contributed by atoms with Crippen LogP contribution in [0.15, 0.2) is 66.7 Å². The topological polar surface area (TPSA) is 37.4 Å². The molecule has 4 aliphatic rings. The lowest BCUT2D eigenvalue weighted by Crippen LogP contribution is -2.56. The average molecular weight is 558 g/mol. The number of aryl methyl sites for hydroxylation is 1. The van der Waals surface area contributed by atoms with Gasteiger partial charge in [-0.25, -0.2) is 4.90 Å². The van der Waals surface area contributed by atoms with Crippen molar-refractivity contribution in [2.24, 2.45) is 11.8 Å². The van der Waals surface area contributed by atoms with Crippen molar-refractivity contribution in [3.05, 3.63) is 99.6 Å². The lowest BCUT2D eigenvalue weighted by Gasteiger charge is -2.55. The number of benzene rings is 3. The van der Waals surface area contributed by atoms with E-state index in [-0.39, 0.29) is 11.8 Å². The zero-order valence-corrected chi connectivity index (χ0v) is 20.3. The maximum Gasteiger partial charge on any atom is 0.239 e. The Kier molecular flexibility index (Phi) is 4.01. The smallest absolute Gasteiger partial charge is 0.239 e. The first kappa shape index (κ1) is 19.7. The minimum Gasteiger partial charge on any atom is -0.274 e. The summed E-state index contributed by atoms with van der Waals surface area (Å²) in [6.07, 6.45) is 0. The molecule has 1 heterocycles. The number of nitrogens with zero attached hydrogens (tertiary/aromatic N) is 1. The van der Waals surface area contributed by atoms with Gasteiger partial charge in [0, 0.05) is 5.02 Å². The molecule has 154 valence electrons. The standard InChI is InChI=1S/C25H16Br2ClNO2/c1-13-10-11-14(28)12-19(13)29-22(30)20-21(23(29)31)25(27)16-7-3-2-6-15(16)24(20,26)17-8-4-5-9-18(17)25/h2-12,20-21H,1H3/t20-,21-,24?,25?/m0/s1. The molecule has 3 aromatic carbocycles. The number of hydrogen-bond donors (Lipinski definition) is 0. The predicted molar refractivity (Wildman–Crippen MR) is 128 cm³/mol. The summed E-state index contributed by atoms with van der Waals surface area (Å²) >= 11 is 14.3. The zero-order valence-electron chi connectivity index (χ0n) is 16.4. The van der Waals surface area contributed by atoms with Gasteiger partial charge in [0.15, 0.2) is 0 Å². The third kappa shape index (κ3) is 2.20. The number of amides is 2. The van der Waals surface area contributed by atoms with E-state index >= 15 is 0 Å².